The number of hydrogen-bond acceptors (Lipinski definition) is 2. The lowest BCUT2D eigenvalue weighted by Crippen LogP contribution is -2.20. The van der Waals surface area contributed by atoms with Crippen LogP contribution in [0, 0.1) is 12.3 Å². The monoisotopic (exact) mass is 247 g/mol. The molecule has 0 aromatic rings. The van der Waals surface area contributed by atoms with Gasteiger partial charge in [-0.2, -0.15) is 0 Å². The Hall–Kier alpha value is -1.42. The zero-order valence-corrected chi connectivity index (χ0v) is 11.7. The molecule has 0 spiro atoms. The Morgan fingerprint density at radius 3 is 2.72 bits per heavy atom. The van der Waals surface area contributed by atoms with Crippen LogP contribution < -0.4 is 5.32 Å². The van der Waals surface area contributed by atoms with Gasteiger partial charge in [-0.1, -0.05) is 18.9 Å². The molecule has 2 unspecified atom stereocenters. The van der Waals surface area contributed by atoms with Gasteiger partial charge in [0.05, 0.1) is 6.10 Å². The SMILES string of the molecule is C#C/C(=C\CC)CC(C)NC=C=CCCC(C)O. The van der Waals surface area contributed by atoms with Gasteiger partial charge in [0.15, 0.2) is 0 Å². The number of allylic oxidation sites excluding steroid dienone is 2. The molecule has 2 N–H and O–H groups in total. The third kappa shape index (κ3) is 9.78. The van der Waals surface area contributed by atoms with Gasteiger partial charge in [-0.05, 0) is 51.2 Å². The number of aliphatic hydroxyl groups excluding tert-OH is 1. The first-order valence-electron chi connectivity index (χ1n) is 6.59. The van der Waals surface area contributed by atoms with E-state index in [0.29, 0.717) is 6.04 Å². The van der Waals surface area contributed by atoms with E-state index in [1.807, 2.05) is 12.3 Å². The first-order chi connectivity index (χ1) is 8.60. The van der Waals surface area contributed by atoms with E-state index in [1.165, 1.54) is 0 Å². The lowest BCUT2D eigenvalue weighted by atomic mass is 10.1. The van der Waals surface area contributed by atoms with E-state index in [4.69, 9.17) is 11.5 Å². The summed E-state index contributed by atoms with van der Waals surface area (Å²) in [4.78, 5) is 0. The average Bonchev–Trinajstić information content (AvgIpc) is 2.32. The molecule has 2 heteroatoms. The summed E-state index contributed by atoms with van der Waals surface area (Å²) >= 11 is 0. The summed E-state index contributed by atoms with van der Waals surface area (Å²) in [5, 5.41) is 12.3. The molecule has 0 bridgehead atoms. The van der Waals surface area contributed by atoms with Crippen molar-refractivity contribution < 1.29 is 5.11 Å². The standard InChI is InChI=1S/C16H25NO/c1-5-10-16(6-2)13-14(3)17-12-9-7-8-11-15(4)18/h2,7,10,12,14-15,17-18H,5,8,11,13H2,1,3-4H3/b16-10+. The van der Waals surface area contributed by atoms with Crippen LogP contribution in [0.4, 0.5) is 0 Å². The van der Waals surface area contributed by atoms with E-state index in [2.05, 4.69) is 36.9 Å². The van der Waals surface area contributed by atoms with Gasteiger partial charge in [-0.3, -0.25) is 0 Å². The van der Waals surface area contributed by atoms with Crippen molar-refractivity contribution in [3.05, 3.63) is 29.7 Å². The van der Waals surface area contributed by atoms with Gasteiger partial charge in [0.1, 0.15) is 0 Å². The Kier molecular flexibility index (Phi) is 9.87. The topological polar surface area (TPSA) is 32.3 Å². The summed E-state index contributed by atoms with van der Waals surface area (Å²) in [5.41, 5.74) is 4.10. The summed E-state index contributed by atoms with van der Waals surface area (Å²) in [6, 6.07) is 0.302. The molecule has 0 aromatic carbocycles. The number of terminal acetylenes is 1. The van der Waals surface area contributed by atoms with Crippen molar-refractivity contribution in [1.29, 1.82) is 0 Å². The molecule has 2 atom stereocenters. The number of aliphatic hydroxyl groups is 1. The lowest BCUT2D eigenvalue weighted by Gasteiger charge is -2.10. The molecule has 0 radical (unpaired) electrons. The van der Waals surface area contributed by atoms with Gasteiger partial charge in [0, 0.05) is 12.2 Å². The van der Waals surface area contributed by atoms with Gasteiger partial charge in [0.25, 0.3) is 0 Å². The van der Waals surface area contributed by atoms with E-state index in [9.17, 15) is 0 Å². The number of rotatable bonds is 8. The fourth-order valence-corrected chi connectivity index (χ4v) is 1.49. The van der Waals surface area contributed by atoms with Crippen LogP contribution in [-0.2, 0) is 0 Å². The Labute approximate surface area is 111 Å². The minimum Gasteiger partial charge on any atom is -0.393 e. The van der Waals surface area contributed by atoms with Crippen LogP contribution in [-0.4, -0.2) is 17.3 Å². The van der Waals surface area contributed by atoms with Crippen molar-refractivity contribution in [1.82, 2.24) is 5.32 Å². The molecular weight excluding hydrogens is 222 g/mol. The first kappa shape index (κ1) is 16.6. The maximum absolute atomic E-state index is 9.08. The predicted octanol–water partition coefficient (Wildman–Crippen LogP) is 3.15. The van der Waals surface area contributed by atoms with Crippen LogP contribution in [0.1, 0.15) is 46.5 Å². The average molecular weight is 247 g/mol. The highest BCUT2D eigenvalue weighted by Crippen LogP contribution is 2.05. The summed E-state index contributed by atoms with van der Waals surface area (Å²) in [7, 11) is 0. The predicted molar refractivity (Wildman–Crippen MR) is 78.0 cm³/mol. The fourth-order valence-electron chi connectivity index (χ4n) is 1.49. The summed E-state index contributed by atoms with van der Waals surface area (Å²) < 4.78 is 0. The van der Waals surface area contributed by atoms with Gasteiger partial charge >= 0.3 is 0 Å². The van der Waals surface area contributed by atoms with E-state index in [0.717, 1.165) is 31.3 Å². The minimum atomic E-state index is -0.243. The second kappa shape index (κ2) is 10.7. The molecule has 0 saturated carbocycles. The molecule has 0 amide bonds. The minimum absolute atomic E-state index is 0.243. The highest BCUT2D eigenvalue weighted by atomic mass is 16.3. The van der Waals surface area contributed by atoms with Crippen LogP contribution in [0.15, 0.2) is 29.7 Å². The molecule has 0 saturated heterocycles. The van der Waals surface area contributed by atoms with Gasteiger partial charge in [-0.15, -0.1) is 12.2 Å². The van der Waals surface area contributed by atoms with Gasteiger partial charge in [0.2, 0.25) is 0 Å². The lowest BCUT2D eigenvalue weighted by molar-refractivity contribution is 0.186. The normalized spacial score (nSPS) is 14.1. The smallest absolute Gasteiger partial charge is 0.0515 e. The van der Waals surface area contributed by atoms with Crippen molar-refractivity contribution in [2.45, 2.75) is 58.6 Å². The maximum Gasteiger partial charge on any atom is 0.0515 e. The molecule has 0 aliphatic rings. The van der Waals surface area contributed by atoms with Gasteiger partial charge < -0.3 is 10.4 Å². The molecule has 0 fully saturated rings. The van der Waals surface area contributed by atoms with Crippen LogP contribution in [0.2, 0.25) is 0 Å². The fraction of sp³-hybridized carbons (Fsp3) is 0.562. The Morgan fingerprint density at radius 2 is 2.17 bits per heavy atom. The molecule has 18 heavy (non-hydrogen) atoms. The highest BCUT2D eigenvalue weighted by Gasteiger charge is 2.00. The van der Waals surface area contributed by atoms with E-state index >= 15 is 0 Å². The molecule has 0 rings (SSSR count). The molecule has 0 aliphatic heterocycles. The quantitative estimate of drug-likeness (QED) is 0.510. The van der Waals surface area contributed by atoms with E-state index < -0.39 is 0 Å². The second-order valence-corrected chi connectivity index (χ2v) is 4.50. The summed E-state index contributed by atoms with van der Waals surface area (Å²) in [5.74, 6) is 2.71. The highest BCUT2D eigenvalue weighted by molar-refractivity contribution is 5.25. The molecular formula is C16H25NO. The second-order valence-electron chi connectivity index (χ2n) is 4.50. The van der Waals surface area contributed by atoms with Crippen molar-refractivity contribution >= 4 is 0 Å². The Balaban J connectivity index is 3.96. The Bertz CT molecular complexity index is 341. The zero-order valence-electron chi connectivity index (χ0n) is 11.7. The van der Waals surface area contributed by atoms with Crippen molar-refractivity contribution in [3.8, 4) is 12.3 Å². The largest absolute Gasteiger partial charge is 0.393 e. The molecule has 0 aromatic heterocycles. The number of nitrogens with one attached hydrogen (secondary N) is 1. The first-order valence-corrected chi connectivity index (χ1v) is 6.59. The Morgan fingerprint density at radius 1 is 1.44 bits per heavy atom. The summed E-state index contributed by atoms with van der Waals surface area (Å²) in [6.45, 7) is 5.97. The van der Waals surface area contributed by atoms with Crippen LogP contribution in [0.3, 0.4) is 0 Å². The molecule has 100 valence electrons. The van der Waals surface area contributed by atoms with E-state index in [-0.39, 0.29) is 6.10 Å². The zero-order chi connectivity index (χ0) is 13.8. The van der Waals surface area contributed by atoms with Crippen LogP contribution >= 0.6 is 0 Å². The third-order valence-corrected chi connectivity index (χ3v) is 2.46. The molecule has 2 nitrogen and oxygen atoms in total. The summed E-state index contributed by atoms with van der Waals surface area (Å²) in [6.07, 6.45) is 14.5. The molecule has 0 heterocycles. The van der Waals surface area contributed by atoms with Crippen molar-refractivity contribution in [2.24, 2.45) is 0 Å². The van der Waals surface area contributed by atoms with Crippen LogP contribution in [0.25, 0.3) is 0 Å². The van der Waals surface area contributed by atoms with E-state index in [1.54, 1.807) is 6.92 Å². The number of hydrogen-bond donors (Lipinski definition) is 2. The van der Waals surface area contributed by atoms with Gasteiger partial charge in [-0.25, -0.2) is 0 Å². The van der Waals surface area contributed by atoms with Crippen LogP contribution in [0.5, 0.6) is 0 Å². The molecule has 0 aliphatic carbocycles. The van der Waals surface area contributed by atoms with Crippen molar-refractivity contribution in [3.63, 3.8) is 0 Å². The van der Waals surface area contributed by atoms with Crippen molar-refractivity contribution in [2.75, 3.05) is 0 Å². The maximum atomic E-state index is 9.08. The third-order valence-electron chi connectivity index (χ3n) is 2.46.